The molecule has 100 valence electrons. The fraction of sp³-hybridized carbons (Fsp3) is 0.412. The first-order chi connectivity index (χ1) is 9.24. The van der Waals surface area contributed by atoms with Crippen molar-refractivity contribution in [2.45, 2.75) is 45.7 Å². The van der Waals surface area contributed by atoms with Gasteiger partial charge in [0.05, 0.1) is 0 Å². The van der Waals surface area contributed by atoms with Crippen LogP contribution in [0.1, 0.15) is 45.2 Å². The molecule has 0 unspecified atom stereocenters. The molecule has 2 heteroatoms. The van der Waals surface area contributed by atoms with Crippen molar-refractivity contribution in [1.82, 2.24) is 5.32 Å². The van der Waals surface area contributed by atoms with Crippen LogP contribution < -0.4 is 5.32 Å². The average molecular weight is 271 g/mol. The van der Waals surface area contributed by atoms with Gasteiger partial charge >= 0.3 is 0 Å². The maximum absolute atomic E-state index is 3.59. The van der Waals surface area contributed by atoms with Crippen molar-refractivity contribution in [3.63, 3.8) is 0 Å². The molecule has 0 bridgehead atoms. The van der Waals surface area contributed by atoms with Crippen LogP contribution in [0.5, 0.6) is 0 Å². The minimum atomic E-state index is 0.837. The summed E-state index contributed by atoms with van der Waals surface area (Å²) in [6.45, 7) is 6.37. The van der Waals surface area contributed by atoms with Crippen molar-refractivity contribution in [3.05, 3.63) is 56.8 Å². The van der Waals surface area contributed by atoms with E-state index >= 15 is 0 Å². The van der Waals surface area contributed by atoms with E-state index in [0.717, 1.165) is 19.0 Å². The Labute approximate surface area is 119 Å². The zero-order valence-electron chi connectivity index (χ0n) is 11.7. The lowest BCUT2D eigenvalue weighted by molar-refractivity contribution is 0.695. The molecule has 0 aliphatic heterocycles. The smallest absolute Gasteiger partial charge is 0.0303 e. The van der Waals surface area contributed by atoms with E-state index in [0.29, 0.717) is 0 Å². The highest BCUT2D eigenvalue weighted by Gasteiger charge is 2.25. The van der Waals surface area contributed by atoms with E-state index in [1.54, 1.807) is 5.56 Å². The van der Waals surface area contributed by atoms with Crippen LogP contribution in [0.25, 0.3) is 0 Å². The monoisotopic (exact) mass is 271 g/mol. The van der Waals surface area contributed by atoms with Gasteiger partial charge in [-0.1, -0.05) is 24.3 Å². The molecular weight excluding hydrogens is 250 g/mol. The maximum Gasteiger partial charge on any atom is 0.0303 e. The second kappa shape index (κ2) is 5.48. The van der Waals surface area contributed by atoms with Crippen LogP contribution in [0.2, 0.25) is 0 Å². The van der Waals surface area contributed by atoms with E-state index in [-0.39, 0.29) is 0 Å². The van der Waals surface area contributed by atoms with Gasteiger partial charge in [-0.3, -0.25) is 0 Å². The number of hydrogen-bond acceptors (Lipinski definition) is 2. The van der Waals surface area contributed by atoms with E-state index < -0.39 is 0 Å². The van der Waals surface area contributed by atoms with Gasteiger partial charge in [0.25, 0.3) is 0 Å². The third-order valence-corrected chi connectivity index (χ3v) is 5.06. The first kappa shape index (κ1) is 12.9. The zero-order valence-corrected chi connectivity index (χ0v) is 12.5. The topological polar surface area (TPSA) is 12.0 Å². The number of nitrogens with one attached hydrogen (secondary N) is 1. The molecule has 1 aliphatic rings. The summed E-state index contributed by atoms with van der Waals surface area (Å²) in [7, 11) is 0. The van der Waals surface area contributed by atoms with Crippen LogP contribution in [-0.4, -0.2) is 0 Å². The SMILES string of the molecule is Cc1cc(CNCc2ccccc2C2CC2)sc1C. The van der Waals surface area contributed by atoms with Gasteiger partial charge in [-0.2, -0.15) is 0 Å². The maximum atomic E-state index is 3.59. The molecule has 1 fully saturated rings. The summed E-state index contributed by atoms with van der Waals surface area (Å²) in [6.07, 6.45) is 2.75. The van der Waals surface area contributed by atoms with Crippen LogP contribution in [0.15, 0.2) is 30.3 Å². The summed E-state index contributed by atoms with van der Waals surface area (Å²) < 4.78 is 0. The Morgan fingerprint density at radius 3 is 2.63 bits per heavy atom. The van der Waals surface area contributed by atoms with Gasteiger partial charge in [0.2, 0.25) is 0 Å². The Balaban J connectivity index is 1.60. The van der Waals surface area contributed by atoms with E-state index in [2.05, 4.69) is 49.5 Å². The number of rotatable bonds is 5. The van der Waals surface area contributed by atoms with E-state index in [4.69, 9.17) is 0 Å². The molecule has 1 aliphatic carbocycles. The highest BCUT2D eigenvalue weighted by Crippen LogP contribution is 2.41. The number of thiophene rings is 1. The molecule has 0 saturated heterocycles. The quantitative estimate of drug-likeness (QED) is 0.842. The van der Waals surface area contributed by atoms with Crippen LogP contribution in [0, 0.1) is 13.8 Å². The predicted octanol–water partition coefficient (Wildman–Crippen LogP) is 4.53. The van der Waals surface area contributed by atoms with Crippen LogP contribution in [0.3, 0.4) is 0 Å². The van der Waals surface area contributed by atoms with Crippen LogP contribution in [0.4, 0.5) is 0 Å². The molecular formula is C17H21NS. The van der Waals surface area contributed by atoms with Crippen molar-refractivity contribution in [3.8, 4) is 0 Å². The highest BCUT2D eigenvalue weighted by atomic mass is 32.1. The van der Waals surface area contributed by atoms with Gasteiger partial charge < -0.3 is 5.32 Å². The van der Waals surface area contributed by atoms with E-state index in [1.807, 2.05) is 11.3 Å². The zero-order chi connectivity index (χ0) is 13.2. The molecule has 2 aromatic rings. The van der Waals surface area contributed by atoms with Gasteiger partial charge in [-0.05, 0) is 55.4 Å². The Morgan fingerprint density at radius 2 is 1.95 bits per heavy atom. The molecule has 19 heavy (non-hydrogen) atoms. The fourth-order valence-corrected chi connectivity index (χ4v) is 3.57. The summed E-state index contributed by atoms with van der Waals surface area (Å²) in [5.74, 6) is 0.837. The second-order valence-electron chi connectivity index (χ2n) is 5.53. The summed E-state index contributed by atoms with van der Waals surface area (Å²) in [4.78, 5) is 2.88. The minimum absolute atomic E-state index is 0.837. The standard InChI is InChI=1S/C17H21NS/c1-12-9-16(19-13(12)2)11-18-10-15-5-3-4-6-17(15)14-7-8-14/h3-6,9,14,18H,7-8,10-11H2,1-2H3. The normalized spacial score (nSPS) is 14.8. The van der Waals surface area contributed by atoms with E-state index in [1.165, 1.54) is 33.7 Å². The van der Waals surface area contributed by atoms with Crippen molar-refractivity contribution < 1.29 is 0 Å². The van der Waals surface area contributed by atoms with E-state index in [9.17, 15) is 0 Å². The average Bonchev–Trinajstić information content (AvgIpc) is 3.18. The summed E-state index contributed by atoms with van der Waals surface area (Å²) in [5, 5.41) is 3.59. The lowest BCUT2D eigenvalue weighted by Gasteiger charge is -2.09. The van der Waals surface area contributed by atoms with Gasteiger partial charge in [0.15, 0.2) is 0 Å². The third kappa shape index (κ3) is 3.07. The molecule has 0 spiro atoms. The van der Waals surface area contributed by atoms with Gasteiger partial charge in [0.1, 0.15) is 0 Å². The van der Waals surface area contributed by atoms with Crippen LogP contribution in [-0.2, 0) is 13.1 Å². The molecule has 1 nitrogen and oxygen atoms in total. The largest absolute Gasteiger partial charge is 0.308 e. The third-order valence-electron chi connectivity index (χ3n) is 3.90. The first-order valence-corrected chi connectivity index (χ1v) is 7.90. The Morgan fingerprint density at radius 1 is 1.16 bits per heavy atom. The lowest BCUT2D eigenvalue weighted by atomic mass is 10.0. The number of benzene rings is 1. The lowest BCUT2D eigenvalue weighted by Crippen LogP contribution is -2.13. The summed E-state index contributed by atoms with van der Waals surface area (Å²) in [5.41, 5.74) is 4.46. The molecule has 1 aromatic heterocycles. The summed E-state index contributed by atoms with van der Waals surface area (Å²) >= 11 is 1.91. The van der Waals surface area contributed by atoms with Crippen molar-refractivity contribution >= 4 is 11.3 Å². The second-order valence-corrected chi connectivity index (χ2v) is 6.87. The molecule has 0 amide bonds. The fourth-order valence-electron chi connectivity index (χ4n) is 2.54. The molecule has 1 N–H and O–H groups in total. The van der Waals surface area contributed by atoms with Gasteiger partial charge in [-0.15, -0.1) is 11.3 Å². The number of hydrogen-bond donors (Lipinski definition) is 1. The Kier molecular flexibility index (Phi) is 3.72. The van der Waals surface area contributed by atoms with Crippen LogP contribution >= 0.6 is 11.3 Å². The van der Waals surface area contributed by atoms with Gasteiger partial charge in [0, 0.05) is 22.8 Å². The van der Waals surface area contributed by atoms with Crippen molar-refractivity contribution in [2.24, 2.45) is 0 Å². The minimum Gasteiger partial charge on any atom is -0.308 e. The summed E-state index contributed by atoms with van der Waals surface area (Å²) in [6, 6.07) is 11.2. The Bertz CT molecular complexity index is 547. The molecule has 0 radical (unpaired) electrons. The molecule has 1 aromatic carbocycles. The van der Waals surface area contributed by atoms with Gasteiger partial charge in [-0.25, -0.2) is 0 Å². The molecule has 1 saturated carbocycles. The Hall–Kier alpha value is -1.12. The predicted molar refractivity (Wildman–Crippen MR) is 82.8 cm³/mol. The highest BCUT2D eigenvalue weighted by molar-refractivity contribution is 7.12. The first-order valence-electron chi connectivity index (χ1n) is 7.08. The molecule has 3 rings (SSSR count). The van der Waals surface area contributed by atoms with Crippen molar-refractivity contribution in [1.29, 1.82) is 0 Å². The number of aryl methyl sites for hydroxylation is 2. The molecule has 0 atom stereocenters. The van der Waals surface area contributed by atoms with Crippen molar-refractivity contribution in [2.75, 3.05) is 0 Å². The molecule has 1 heterocycles.